The van der Waals surface area contributed by atoms with E-state index in [2.05, 4.69) is 11.8 Å². The van der Waals surface area contributed by atoms with Gasteiger partial charge in [-0.25, -0.2) is 4.39 Å². The van der Waals surface area contributed by atoms with Crippen LogP contribution in [0.5, 0.6) is 0 Å². The Labute approximate surface area is 182 Å². The Morgan fingerprint density at radius 1 is 1.19 bits per heavy atom. The Hall–Kier alpha value is -2.28. The number of amides is 1. The van der Waals surface area contributed by atoms with E-state index in [0.29, 0.717) is 32.0 Å². The second-order valence-corrected chi connectivity index (χ2v) is 9.40. The number of rotatable bonds is 5. The van der Waals surface area contributed by atoms with Crippen LogP contribution in [0.15, 0.2) is 24.3 Å². The molecule has 3 heterocycles. The maximum atomic E-state index is 13.4. The predicted octanol–water partition coefficient (Wildman–Crippen LogP) is 2.94. The van der Waals surface area contributed by atoms with Crippen molar-refractivity contribution in [2.45, 2.75) is 64.1 Å². The smallest absolute Gasteiger partial charge is 0.321 e. The number of nitrogens with zero attached hydrogens (tertiary/aromatic N) is 2. The molecule has 1 aromatic rings. The maximum Gasteiger partial charge on any atom is 0.321 e. The highest BCUT2D eigenvalue weighted by Crippen LogP contribution is 2.48. The largest absolute Gasteiger partial charge is 0.468 e. The van der Waals surface area contributed by atoms with Crippen LogP contribution in [0, 0.1) is 17.2 Å². The monoisotopic (exact) mass is 430 g/mol. The highest BCUT2D eigenvalue weighted by atomic mass is 19.1. The van der Waals surface area contributed by atoms with Crippen LogP contribution in [-0.4, -0.2) is 59.7 Å². The average molecular weight is 431 g/mol. The van der Waals surface area contributed by atoms with Crippen molar-refractivity contribution in [2.75, 3.05) is 20.2 Å². The van der Waals surface area contributed by atoms with Crippen LogP contribution in [0.25, 0.3) is 0 Å². The fourth-order valence-electron chi connectivity index (χ4n) is 5.79. The lowest BCUT2D eigenvalue weighted by Gasteiger charge is -2.46. The van der Waals surface area contributed by atoms with Crippen molar-refractivity contribution >= 4 is 17.7 Å². The van der Waals surface area contributed by atoms with Crippen LogP contribution in [0.3, 0.4) is 0 Å². The number of esters is 1. The first-order valence-corrected chi connectivity index (χ1v) is 11.2. The molecule has 0 aromatic heterocycles. The van der Waals surface area contributed by atoms with E-state index >= 15 is 0 Å². The van der Waals surface area contributed by atoms with Gasteiger partial charge in [0.1, 0.15) is 5.82 Å². The molecule has 31 heavy (non-hydrogen) atoms. The van der Waals surface area contributed by atoms with Gasteiger partial charge in [-0.1, -0.05) is 19.1 Å². The third kappa shape index (κ3) is 4.00. The Morgan fingerprint density at radius 2 is 1.94 bits per heavy atom. The molecule has 0 saturated carbocycles. The lowest BCUT2D eigenvalue weighted by atomic mass is 9.69. The van der Waals surface area contributed by atoms with E-state index in [0.717, 1.165) is 24.8 Å². The van der Waals surface area contributed by atoms with E-state index in [4.69, 9.17) is 4.74 Å². The van der Waals surface area contributed by atoms with Crippen LogP contribution < -0.4 is 0 Å². The van der Waals surface area contributed by atoms with Gasteiger partial charge in [-0.15, -0.1) is 0 Å². The Kier molecular flexibility index (Phi) is 6.15. The molecule has 0 aliphatic carbocycles. The standard InChI is InChI=1S/C24H31FN2O4/c1-16-4-3-11-26(14-16)22(29)13-24(23(30)31-2)20-10-9-19(12-21(24)28)27(20)15-17-5-7-18(25)8-6-17/h5-8,16,19-20H,3-4,9-15H2,1-2H3/t16-,19+,20+,24-/m0/s1. The summed E-state index contributed by atoms with van der Waals surface area (Å²) in [6.07, 6.45) is 3.58. The summed E-state index contributed by atoms with van der Waals surface area (Å²) in [5.41, 5.74) is -0.554. The first-order valence-electron chi connectivity index (χ1n) is 11.2. The molecule has 168 valence electrons. The van der Waals surface area contributed by atoms with Crippen LogP contribution in [0.2, 0.25) is 0 Å². The summed E-state index contributed by atoms with van der Waals surface area (Å²) in [6, 6.07) is 5.94. The van der Waals surface area contributed by atoms with E-state index in [1.807, 2.05) is 0 Å². The van der Waals surface area contributed by atoms with Crippen LogP contribution in [-0.2, 0) is 25.7 Å². The van der Waals surface area contributed by atoms with Crippen molar-refractivity contribution in [1.82, 2.24) is 9.80 Å². The molecule has 1 aromatic carbocycles. The van der Waals surface area contributed by atoms with Crippen molar-refractivity contribution in [1.29, 1.82) is 0 Å². The number of piperidine rings is 2. The molecule has 1 amide bonds. The predicted molar refractivity (Wildman–Crippen MR) is 112 cm³/mol. The molecule has 0 unspecified atom stereocenters. The van der Waals surface area contributed by atoms with Gasteiger partial charge in [-0.05, 0) is 49.3 Å². The minimum atomic E-state index is -1.47. The minimum absolute atomic E-state index is 0.0328. The summed E-state index contributed by atoms with van der Waals surface area (Å²) in [6.45, 7) is 3.96. The third-order valence-electron chi connectivity index (χ3n) is 7.40. The molecule has 4 rings (SSSR count). The van der Waals surface area contributed by atoms with E-state index in [1.165, 1.54) is 19.2 Å². The van der Waals surface area contributed by atoms with Crippen LogP contribution >= 0.6 is 0 Å². The van der Waals surface area contributed by atoms with Crippen molar-refractivity contribution in [2.24, 2.45) is 11.3 Å². The number of methoxy groups -OCH3 is 1. The van der Waals surface area contributed by atoms with Crippen molar-refractivity contribution < 1.29 is 23.5 Å². The fraction of sp³-hybridized carbons (Fsp3) is 0.625. The molecule has 0 radical (unpaired) electrons. The van der Waals surface area contributed by atoms with Crippen LogP contribution in [0.4, 0.5) is 4.39 Å². The number of Topliss-reactive ketones (excluding diaryl/α,β-unsaturated/α-hetero) is 1. The van der Waals surface area contributed by atoms with Gasteiger partial charge in [0.15, 0.2) is 11.2 Å². The van der Waals surface area contributed by atoms with E-state index in [1.54, 1.807) is 17.0 Å². The SMILES string of the molecule is COC(=O)[C@]1(CC(=O)N2CCC[C@H](C)C2)C(=O)C[C@H]2CC[C@H]1N2Cc1ccc(F)cc1. The van der Waals surface area contributed by atoms with Gasteiger partial charge in [0.2, 0.25) is 5.91 Å². The maximum absolute atomic E-state index is 13.4. The molecular formula is C24H31FN2O4. The number of benzene rings is 1. The molecule has 3 fully saturated rings. The van der Waals surface area contributed by atoms with E-state index in [9.17, 15) is 18.8 Å². The van der Waals surface area contributed by atoms with Crippen LogP contribution in [0.1, 0.15) is 51.0 Å². The molecule has 6 nitrogen and oxygen atoms in total. The van der Waals surface area contributed by atoms with Gasteiger partial charge in [-0.2, -0.15) is 0 Å². The zero-order valence-corrected chi connectivity index (χ0v) is 18.3. The molecule has 0 spiro atoms. The molecule has 2 bridgehead atoms. The molecule has 3 aliphatic rings. The van der Waals surface area contributed by atoms with Crippen molar-refractivity contribution in [3.63, 3.8) is 0 Å². The number of ether oxygens (including phenoxy) is 1. The topological polar surface area (TPSA) is 66.9 Å². The number of carbonyl (C=O) groups is 3. The van der Waals surface area contributed by atoms with Gasteiger partial charge in [0, 0.05) is 38.1 Å². The summed E-state index contributed by atoms with van der Waals surface area (Å²) in [4.78, 5) is 43.7. The second kappa shape index (κ2) is 8.69. The fourth-order valence-corrected chi connectivity index (χ4v) is 5.79. The second-order valence-electron chi connectivity index (χ2n) is 9.40. The highest BCUT2D eigenvalue weighted by Gasteiger charge is 2.62. The quantitative estimate of drug-likeness (QED) is 0.531. The Bertz CT molecular complexity index is 858. The van der Waals surface area contributed by atoms with Gasteiger partial charge in [0.05, 0.1) is 13.5 Å². The summed E-state index contributed by atoms with van der Waals surface area (Å²) < 4.78 is 18.5. The first-order chi connectivity index (χ1) is 14.8. The molecule has 4 atom stereocenters. The number of hydrogen-bond donors (Lipinski definition) is 0. The molecular weight excluding hydrogens is 399 g/mol. The Morgan fingerprint density at radius 3 is 2.61 bits per heavy atom. The lowest BCUT2D eigenvalue weighted by molar-refractivity contribution is -0.171. The molecule has 3 aliphatic heterocycles. The summed E-state index contributed by atoms with van der Waals surface area (Å²) in [5.74, 6) is -0.811. The minimum Gasteiger partial charge on any atom is -0.468 e. The lowest BCUT2D eigenvalue weighted by Crippen LogP contribution is -2.61. The number of carbonyl (C=O) groups excluding carboxylic acids is 3. The normalized spacial score (nSPS) is 31.0. The number of likely N-dealkylation sites (tertiary alicyclic amines) is 1. The molecule has 0 N–H and O–H groups in total. The summed E-state index contributed by atoms with van der Waals surface area (Å²) in [5, 5.41) is 0. The Balaban J connectivity index is 1.63. The van der Waals surface area contributed by atoms with Gasteiger partial charge >= 0.3 is 5.97 Å². The van der Waals surface area contributed by atoms with E-state index < -0.39 is 11.4 Å². The first kappa shape index (κ1) is 21.9. The zero-order valence-electron chi connectivity index (χ0n) is 18.3. The number of hydrogen-bond acceptors (Lipinski definition) is 5. The number of halogens is 1. The highest BCUT2D eigenvalue weighted by molar-refractivity contribution is 6.08. The molecule has 7 heteroatoms. The number of ketones is 1. The third-order valence-corrected chi connectivity index (χ3v) is 7.40. The number of fused-ring (bicyclic) bond motifs is 2. The summed E-state index contributed by atoms with van der Waals surface area (Å²) >= 11 is 0. The zero-order chi connectivity index (χ0) is 22.2. The molecule has 3 saturated heterocycles. The summed E-state index contributed by atoms with van der Waals surface area (Å²) in [7, 11) is 1.29. The van der Waals surface area contributed by atoms with E-state index in [-0.39, 0.29) is 42.4 Å². The average Bonchev–Trinajstić information content (AvgIpc) is 3.07. The van der Waals surface area contributed by atoms with Gasteiger partial charge < -0.3 is 9.64 Å². The van der Waals surface area contributed by atoms with Gasteiger partial charge in [-0.3, -0.25) is 19.3 Å². The van der Waals surface area contributed by atoms with Gasteiger partial charge in [0.25, 0.3) is 0 Å². The van der Waals surface area contributed by atoms with Crippen molar-refractivity contribution in [3.05, 3.63) is 35.6 Å². The van der Waals surface area contributed by atoms with Crippen molar-refractivity contribution in [3.8, 4) is 0 Å².